The lowest BCUT2D eigenvalue weighted by Crippen LogP contribution is -2.13. The Morgan fingerprint density at radius 1 is 0.432 bits per heavy atom. The molecule has 0 amide bonds. The highest BCUT2D eigenvalue weighted by Gasteiger charge is 2.25. The molecule has 7 aromatic rings. The van der Waals surface area contributed by atoms with E-state index in [0.29, 0.717) is 5.92 Å². The van der Waals surface area contributed by atoms with E-state index in [9.17, 15) is 0 Å². The largest absolute Gasteiger partial charge is 0.310 e. The molecule has 0 radical (unpaired) electrons. The van der Waals surface area contributed by atoms with Crippen LogP contribution in [0.25, 0.3) is 54.9 Å². The summed E-state index contributed by atoms with van der Waals surface area (Å²) in [6.45, 7) is 8.96. The summed E-state index contributed by atoms with van der Waals surface area (Å²) < 4.78 is 0. The van der Waals surface area contributed by atoms with Gasteiger partial charge in [-0.25, -0.2) is 0 Å². The van der Waals surface area contributed by atoms with Gasteiger partial charge in [0.05, 0.1) is 0 Å². The summed E-state index contributed by atoms with van der Waals surface area (Å²) in [5, 5.41) is 5.12. The molecule has 0 saturated heterocycles. The van der Waals surface area contributed by atoms with Crippen molar-refractivity contribution < 1.29 is 0 Å². The topological polar surface area (TPSA) is 3.24 Å². The van der Waals surface area contributed by atoms with Gasteiger partial charge in [-0.05, 0) is 146 Å². The average molecular weight is 566 g/mol. The Morgan fingerprint density at radius 3 is 1.70 bits per heavy atom. The summed E-state index contributed by atoms with van der Waals surface area (Å²) in [6.07, 6.45) is 0. The van der Waals surface area contributed by atoms with Gasteiger partial charge in [0.25, 0.3) is 0 Å². The number of hydrogen-bond acceptors (Lipinski definition) is 1. The second-order valence-corrected chi connectivity index (χ2v) is 12.6. The molecule has 44 heavy (non-hydrogen) atoms. The van der Waals surface area contributed by atoms with Crippen molar-refractivity contribution in [2.24, 2.45) is 0 Å². The van der Waals surface area contributed by atoms with Gasteiger partial charge in [-0.2, -0.15) is 0 Å². The molecule has 1 aliphatic carbocycles. The Bertz CT molecular complexity index is 2220. The number of nitrogens with zero attached hydrogens (tertiary/aromatic N) is 1. The molecule has 0 atom stereocenters. The lowest BCUT2D eigenvalue weighted by molar-refractivity contribution is 0.865. The zero-order chi connectivity index (χ0) is 29.9. The third-order valence-corrected chi connectivity index (χ3v) is 9.38. The van der Waals surface area contributed by atoms with E-state index in [4.69, 9.17) is 0 Å². The number of aryl methyl sites for hydroxylation is 2. The molecule has 0 N–H and O–H groups in total. The van der Waals surface area contributed by atoms with Crippen LogP contribution in [0.5, 0.6) is 0 Å². The molecular weight excluding hydrogens is 530 g/mol. The molecule has 0 saturated carbocycles. The predicted octanol–water partition coefficient (Wildman–Crippen LogP) is 12.5. The quantitative estimate of drug-likeness (QED) is 0.201. The van der Waals surface area contributed by atoms with E-state index in [1.165, 1.54) is 88.7 Å². The van der Waals surface area contributed by atoms with Crippen LogP contribution in [-0.4, -0.2) is 0 Å². The molecule has 0 bridgehead atoms. The Kier molecular flexibility index (Phi) is 6.17. The summed E-state index contributed by atoms with van der Waals surface area (Å²) in [6, 6.07) is 49.6. The van der Waals surface area contributed by atoms with Gasteiger partial charge in [-0.1, -0.05) is 92.7 Å². The van der Waals surface area contributed by atoms with Crippen molar-refractivity contribution in [2.75, 3.05) is 4.90 Å². The Balaban J connectivity index is 1.24. The Hall–Kier alpha value is -5.14. The van der Waals surface area contributed by atoms with Gasteiger partial charge < -0.3 is 4.90 Å². The molecule has 1 nitrogen and oxygen atoms in total. The number of anilines is 3. The van der Waals surface area contributed by atoms with Crippen LogP contribution in [0.15, 0.2) is 133 Å². The zero-order valence-corrected chi connectivity index (χ0v) is 25.7. The maximum absolute atomic E-state index is 2.45. The van der Waals surface area contributed by atoms with Crippen LogP contribution in [0, 0.1) is 13.8 Å². The van der Waals surface area contributed by atoms with E-state index in [2.05, 4.69) is 166 Å². The van der Waals surface area contributed by atoms with Crippen molar-refractivity contribution in [1.29, 1.82) is 0 Å². The first kappa shape index (κ1) is 26.5. The van der Waals surface area contributed by atoms with Gasteiger partial charge in [0, 0.05) is 17.1 Å². The molecule has 1 heteroatoms. The molecule has 212 valence electrons. The van der Waals surface area contributed by atoms with Crippen LogP contribution < -0.4 is 4.90 Å². The summed E-state index contributed by atoms with van der Waals surface area (Å²) in [5.41, 5.74) is 15.4. The molecule has 1 aliphatic rings. The van der Waals surface area contributed by atoms with E-state index in [1.807, 2.05) is 0 Å². The van der Waals surface area contributed by atoms with Crippen LogP contribution in [0.2, 0.25) is 0 Å². The Morgan fingerprint density at radius 2 is 1.02 bits per heavy atom. The highest BCUT2D eigenvalue weighted by atomic mass is 15.1. The fraction of sp³-hybridized carbons (Fsp3) is 0.116. The molecule has 0 unspecified atom stereocenters. The van der Waals surface area contributed by atoms with Crippen LogP contribution in [-0.2, 0) is 0 Å². The minimum absolute atomic E-state index is 0.463. The summed E-state index contributed by atoms with van der Waals surface area (Å²) in [5.74, 6) is 0.463. The summed E-state index contributed by atoms with van der Waals surface area (Å²) >= 11 is 0. The monoisotopic (exact) mass is 565 g/mol. The van der Waals surface area contributed by atoms with Gasteiger partial charge >= 0.3 is 0 Å². The first-order valence-electron chi connectivity index (χ1n) is 15.6. The minimum Gasteiger partial charge on any atom is -0.310 e. The number of fused-ring (bicyclic) bond motifs is 6. The van der Waals surface area contributed by atoms with E-state index in [1.54, 1.807) is 0 Å². The fourth-order valence-corrected chi connectivity index (χ4v) is 6.81. The van der Waals surface area contributed by atoms with Crippen LogP contribution >= 0.6 is 0 Å². The van der Waals surface area contributed by atoms with Gasteiger partial charge in [0.15, 0.2) is 0 Å². The van der Waals surface area contributed by atoms with Crippen molar-refractivity contribution in [3.63, 3.8) is 0 Å². The Labute approximate surface area is 260 Å². The van der Waals surface area contributed by atoms with Gasteiger partial charge in [-0.3, -0.25) is 0 Å². The highest BCUT2D eigenvalue weighted by molar-refractivity contribution is 6.12. The van der Waals surface area contributed by atoms with E-state index in [-0.39, 0.29) is 0 Å². The minimum atomic E-state index is 0.463. The zero-order valence-electron chi connectivity index (χ0n) is 25.7. The number of para-hydroxylation sites is 1. The van der Waals surface area contributed by atoms with Gasteiger partial charge in [0.1, 0.15) is 0 Å². The third-order valence-electron chi connectivity index (χ3n) is 9.38. The lowest BCUT2D eigenvalue weighted by atomic mass is 9.77. The highest BCUT2D eigenvalue weighted by Crippen LogP contribution is 2.51. The maximum Gasteiger partial charge on any atom is 0.0493 e. The smallest absolute Gasteiger partial charge is 0.0493 e. The molecule has 0 heterocycles. The van der Waals surface area contributed by atoms with E-state index >= 15 is 0 Å². The second-order valence-electron chi connectivity index (χ2n) is 12.6. The van der Waals surface area contributed by atoms with Crippen molar-refractivity contribution in [3.05, 3.63) is 150 Å². The lowest BCUT2D eigenvalue weighted by Gasteiger charge is -2.30. The first-order valence-corrected chi connectivity index (χ1v) is 15.6. The third kappa shape index (κ3) is 4.31. The molecule has 0 aliphatic heterocycles. The van der Waals surface area contributed by atoms with Gasteiger partial charge in [-0.15, -0.1) is 0 Å². The average Bonchev–Trinajstić information content (AvgIpc) is 3.05. The molecule has 0 aromatic heterocycles. The van der Waals surface area contributed by atoms with E-state index < -0.39 is 0 Å². The summed E-state index contributed by atoms with van der Waals surface area (Å²) in [7, 11) is 0. The normalized spacial score (nSPS) is 11.8. The van der Waals surface area contributed by atoms with Crippen molar-refractivity contribution >= 4 is 38.6 Å². The molecule has 0 spiro atoms. The molecule has 0 fully saturated rings. The van der Waals surface area contributed by atoms with Crippen LogP contribution in [0.3, 0.4) is 0 Å². The first-order chi connectivity index (χ1) is 21.4. The second kappa shape index (κ2) is 10.2. The maximum atomic E-state index is 2.45. The molecular formula is C43H35N. The SMILES string of the molecule is Cc1ccccc1N(c1ccc2cc3c(cc2c1)-c1cc2ccc(-c4ccccc4)cc2cc1-3)c1cc(C(C)C)ccc1C. The van der Waals surface area contributed by atoms with Gasteiger partial charge in [0.2, 0.25) is 0 Å². The standard InChI is InChI=1S/C43H35N/c1-27(2)31-15-14-29(4)43(26-31)44(42-13-9-8-10-28(42)3)37-19-18-34-23-39-40-24-35-20-32(30-11-6-5-7-12-30)16-17-33(35)22-38(40)41(39)25-36(34)21-37/h5-27H,1-4H3. The summed E-state index contributed by atoms with van der Waals surface area (Å²) in [4.78, 5) is 2.45. The van der Waals surface area contributed by atoms with E-state index in [0.717, 1.165) is 0 Å². The number of benzene rings is 7. The molecule has 7 aromatic carbocycles. The van der Waals surface area contributed by atoms with Crippen molar-refractivity contribution in [3.8, 4) is 33.4 Å². The molecule has 8 rings (SSSR count). The van der Waals surface area contributed by atoms with Crippen molar-refractivity contribution in [2.45, 2.75) is 33.6 Å². The fourth-order valence-electron chi connectivity index (χ4n) is 6.81. The number of hydrogen-bond donors (Lipinski definition) is 0. The van der Waals surface area contributed by atoms with Crippen LogP contribution in [0.4, 0.5) is 17.1 Å². The predicted molar refractivity (Wildman–Crippen MR) is 190 cm³/mol. The van der Waals surface area contributed by atoms with Crippen molar-refractivity contribution in [1.82, 2.24) is 0 Å². The number of rotatable bonds is 5. The van der Waals surface area contributed by atoms with Crippen LogP contribution in [0.1, 0.15) is 36.5 Å².